The molecule has 0 saturated carbocycles. The number of sulfone groups is 1. The van der Waals surface area contributed by atoms with E-state index in [1.807, 2.05) is 0 Å². The number of nitrogens with zero attached hydrogens (tertiary/aromatic N) is 4. The zero-order valence-corrected chi connectivity index (χ0v) is 11.4. The molecule has 1 heterocycles. The first-order chi connectivity index (χ1) is 8.86. The number of tetrazole rings is 1. The Kier molecular flexibility index (Phi) is 3.63. The SMILES string of the molecule is Cn1nnc(CC(O)c2ccc(S(C)(=O)=O)cc2)n1. The van der Waals surface area contributed by atoms with Gasteiger partial charge in [0.05, 0.1) is 18.0 Å². The van der Waals surface area contributed by atoms with Crippen molar-refractivity contribution in [1.82, 2.24) is 20.2 Å². The first-order valence-electron chi connectivity index (χ1n) is 5.57. The molecule has 0 aliphatic carbocycles. The lowest BCUT2D eigenvalue weighted by atomic mass is 10.1. The molecule has 0 fully saturated rings. The van der Waals surface area contributed by atoms with E-state index in [4.69, 9.17) is 0 Å². The van der Waals surface area contributed by atoms with Gasteiger partial charge in [-0.2, -0.15) is 4.80 Å². The predicted octanol–water partition coefficient (Wildman–Crippen LogP) is -0.110. The molecule has 0 aliphatic rings. The Hall–Kier alpha value is -1.80. The number of aromatic nitrogens is 4. The topological polar surface area (TPSA) is 98.0 Å². The predicted molar refractivity (Wildman–Crippen MR) is 67.0 cm³/mol. The van der Waals surface area contributed by atoms with Crippen LogP contribution in [-0.2, 0) is 23.3 Å². The van der Waals surface area contributed by atoms with Crippen molar-refractivity contribution in [2.24, 2.45) is 7.05 Å². The van der Waals surface area contributed by atoms with Gasteiger partial charge < -0.3 is 5.11 Å². The highest BCUT2D eigenvalue weighted by molar-refractivity contribution is 7.90. The summed E-state index contributed by atoms with van der Waals surface area (Å²) in [6, 6.07) is 6.10. The second kappa shape index (κ2) is 5.06. The quantitative estimate of drug-likeness (QED) is 0.840. The van der Waals surface area contributed by atoms with Gasteiger partial charge in [0, 0.05) is 12.7 Å². The third-order valence-corrected chi connectivity index (χ3v) is 3.75. The van der Waals surface area contributed by atoms with Gasteiger partial charge in [-0.1, -0.05) is 12.1 Å². The van der Waals surface area contributed by atoms with E-state index in [1.165, 1.54) is 16.9 Å². The van der Waals surface area contributed by atoms with Crippen LogP contribution in [-0.4, -0.2) is 40.0 Å². The summed E-state index contributed by atoms with van der Waals surface area (Å²) in [5.74, 6) is 0.433. The van der Waals surface area contributed by atoms with Crippen molar-refractivity contribution in [2.45, 2.75) is 17.4 Å². The molecule has 0 spiro atoms. The van der Waals surface area contributed by atoms with Crippen LogP contribution in [0.4, 0.5) is 0 Å². The molecule has 2 aromatic rings. The molecule has 0 bridgehead atoms. The van der Waals surface area contributed by atoms with Crippen LogP contribution >= 0.6 is 0 Å². The summed E-state index contributed by atoms with van der Waals surface area (Å²) >= 11 is 0. The smallest absolute Gasteiger partial charge is 0.177 e. The molecule has 2 rings (SSSR count). The van der Waals surface area contributed by atoms with Gasteiger partial charge >= 0.3 is 0 Å². The van der Waals surface area contributed by atoms with Crippen molar-refractivity contribution in [2.75, 3.05) is 6.26 Å². The molecule has 8 heteroatoms. The van der Waals surface area contributed by atoms with E-state index >= 15 is 0 Å². The normalized spacial score (nSPS) is 13.4. The van der Waals surface area contributed by atoms with Crippen LogP contribution < -0.4 is 0 Å². The van der Waals surface area contributed by atoms with Crippen molar-refractivity contribution >= 4 is 9.84 Å². The van der Waals surface area contributed by atoms with Crippen LogP contribution in [0.25, 0.3) is 0 Å². The Morgan fingerprint density at radius 1 is 1.32 bits per heavy atom. The summed E-state index contributed by atoms with van der Waals surface area (Å²) in [6.45, 7) is 0. The van der Waals surface area contributed by atoms with E-state index in [2.05, 4.69) is 15.4 Å². The van der Waals surface area contributed by atoms with Gasteiger partial charge in [-0.25, -0.2) is 8.42 Å². The second-order valence-electron chi connectivity index (χ2n) is 4.26. The second-order valence-corrected chi connectivity index (χ2v) is 6.27. The molecule has 1 atom stereocenters. The summed E-state index contributed by atoms with van der Waals surface area (Å²) in [5.41, 5.74) is 0.611. The molecule has 0 aliphatic heterocycles. The fourth-order valence-electron chi connectivity index (χ4n) is 1.63. The Morgan fingerprint density at radius 3 is 2.42 bits per heavy atom. The summed E-state index contributed by atoms with van der Waals surface area (Å²) in [4.78, 5) is 1.54. The van der Waals surface area contributed by atoms with Crippen LogP contribution in [0.3, 0.4) is 0 Å². The molecular weight excluding hydrogens is 268 g/mol. The van der Waals surface area contributed by atoms with Gasteiger partial charge in [0.2, 0.25) is 0 Å². The van der Waals surface area contributed by atoms with Crippen molar-refractivity contribution in [1.29, 1.82) is 0 Å². The number of hydrogen-bond acceptors (Lipinski definition) is 6. The molecule has 1 aromatic heterocycles. The molecule has 19 heavy (non-hydrogen) atoms. The minimum absolute atomic E-state index is 0.223. The van der Waals surface area contributed by atoms with Gasteiger partial charge in [-0.3, -0.25) is 0 Å². The molecule has 1 aromatic carbocycles. The fraction of sp³-hybridized carbons (Fsp3) is 0.364. The zero-order valence-electron chi connectivity index (χ0n) is 10.6. The van der Waals surface area contributed by atoms with E-state index in [-0.39, 0.29) is 11.3 Å². The standard InChI is InChI=1S/C11H14N4O3S/c1-15-13-11(12-14-15)7-10(16)8-3-5-9(6-4-8)19(2,17)18/h3-6,10,16H,7H2,1-2H3. The zero-order chi connectivity index (χ0) is 14.0. The lowest BCUT2D eigenvalue weighted by Crippen LogP contribution is -2.05. The number of aliphatic hydroxyl groups excluding tert-OH is 1. The largest absolute Gasteiger partial charge is 0.388 e. The molecule has 1 unspecified atom stereocenters. The molecule has 0 radical (unpaired) electrons. The number of rotatable bonds is 4. The number of hydrogen-bond donors (Lipinski definition) is 1. The van der Waals surface area contributed by atoms with Crippen LogP contribution in [0.15, 0.2) is 29.2 Å². The third-order valence-electron chi connectivity index (χ3n) is 2.62. The first kappa shape index (κ1) is 13.6. The fourth-order valence-corrected chi connectivity index (χ4v) is 2.26. The van der Waals surface area contributed by atoms with Gasteiger partial charge in [-0.15, -0.1) is 10.2 Å². The number of aliphatic hydroxyl groups is 1. The Labute approximate surface area is 110 Å². The summed E-state index contributed by atoms with van der Waals surface area (Å²) in [5, 5.41) is 21.4. The minimum Gasteiger partial charge on any atom is -0.388 e. The summed E-state index contributed by atoms with van der Waals surface area (Å²) in [7, 11) is -1.58. The molecule has 102 valence electrons. The Balaban J connectivity index is 2.14. The van der Waals surface area contributed by atoms with E-state index in [9.17, 15) is 13.5 Å². The average Bonchev–Trinajstić information content (AvgIpc) is 2.74. The monoisotopic (exact) mass is 282 g/mol. The molecule has 1 N–H and O–H groups in total. The average molecular weight is 282 g/mol. The third kappa shape index (κ3) is 3.36. The summed E-state index contributed by atoms with van der Waals surface area (Å²) < 4.78 is 22.6. The highest BCUT2D eigenvalue weighted by atomic mass is 32.2. The maximum absolute atomic E-state index is 11.3. The first-order valence-corrected chi connectivity index (χ1v) is 7.46. The maximum Gasteiger partial charge on any atom is 0.177 e. The van der Waals surface area contributed by atoms with Crippen LogP contribution in [0.1, 0.15) is 17.5 Å². The Morgan fingerprint density at radius 2 is 1.95 bits per heavy atom. The number of benzene rings is 1. The van der Waals surface area contributed by atoms with Crippen LogP contribution in [0.2, 0.25) is 0 Å². The molecule has 7 nitrogen and oxygen atoms in total. The highest BCUT2D eigenvalue weighted by Gasteiger charge is 2.13. The molecular formula is C11H14N4O3S. The summed E-state index contributed by atoms with van der Waals surface area (Å²) in [6.07, 6.45) is 0.575. The lowest BCUT2D eigenvalue weighted by molar-refractivity contribution is 0.175. The minimum atomic E-state index is -3.22. The van der Waals surface area contributed by atoms with E-state index in [0.717, 1.165) is 6.26 Å². The molecule has 0 saturated heterocycles. The Bertz CT molecular complexity index is 664. The maximum atomic E-state index is 11.3. The van der Waals surface area contributed by atoms with Crippen LogP contribution in [0.5, 0.6) is 0 Å². The van der Waals surface area contributed by atoms with E-state index in [1.54, 1.807) is 19.2 Å². The highest BCUT2D eigenvalue weighted by Crippen LogP contribution is 2.18. The van der Waals surface area contributed by atoms with E-state index < -0.39 is 15.9 Å². The van der Waals surface area contributed by atoms with Crippen molar-refractivity contribution in [3.63, 3.8) is 0 Å². The van der Waals surface area contributed by atoms with Crippen molar-refractivity contribution < 1.29 is 13.5 Å². The lowest BCUT2D eigenvalue weighted by Gasteiger charge is -2.09. The van der Waals surface area contributed by atoms with Gasteiger partial charge in [0.25, 0.3) is 0 Å². The van der Waals surface area contributed by atoms with Gasteiger partial charge in [0.15, 0.2) is 15.7 Å². The number of aryl methyl sites for hydroxylation is 1. The van der Waals surface area contributed by atoms with Gasteiger partial charge in [-0.05, 0) is 22.9 Å². The molecule has 0 amide bonds. The van der Waals surface area contributed by atoms with E-state index in [0.29, 0.717) is 11.4 Å². The van der Waals surface area contributed by atoms with Gasteiger partial charge in [0.1, 0.15) is 0 Å². The van der Waals surface area contributed by atoms with Crippen molar-refractivity contribution in [3.8, 4) is 0 Å². The van der Waals surface area contributed by atoms with Crippen molar-refractivity contribution in [3.05, 3.63) is 35.7 Å². The van der Waals surface area contributed by atoms with Crippen LogP contribution in [0, 0.1) is 0 Å².